The number of aryl methyl sites for hydroxylation is 1. The Labute approximate surface area is 89.7 Å². The van der Waals surface area contributed by atoms with Crippen LogP contribution in [0.25, 0.3) is 0 Å². The summed E-state index contributed by atoms with van der Waals surface area (Å²) in [5.41, 5.74) is 6.34. The third-order valence-corrected chi connectivity index (χ3v) is 2.08. The topological polar surface area (TPSA) is 84.1 Å². The van der Waals surface area contributed by atoms with Gasteiger partial charge >= 0.3 is 0 Å². The number of hydrogen-bond acceptors (Lipinski definition) is 5. The van der Waals surface area contributed by atoms with Crippen LogP contribution in [0.4, 0.5) is 11.8 Å². The van der Waals surface area contributed by atoms with Crippen molar-refractivity contribution >= 4 is 11.8 Å². The second-order valence-electron chi connectivity index (χ2n) is 3.57. The first-order valence-corrected chi connectivity index (χ1v) is 5.14. The molecule has 1 aromatic rings. The Morgan fingerprint density at radius 2 is 2.27 bits per heavy atom. The first-order valence-electron chi connectivity index (χ1n) is 5.14. The summed E-state index contributed by atoms with van der Waals surface area (Å²) in [5, 5.41) is 12.3. The van der Waals surface area contributed by atoms with Gasteiger partial charge in [0.1, 0.15) is 5.82 Å². The molecule has 0 saturated carbocycles. The Morgan fingerprint density at radius 3 is 2.80 bits per heavy atom. The van der Waals surface area contributed by atoms with Gasteiger partial charge in [0.2, 0.25) is 5.95 Å². The van der Waals surface area contributed by atoms with Crippen LogP contribution in [0, 0.1) is 6.92 Å². The van der Waals surface area contributed by atoms with Crippen LogP contribution in [-0.2, 0) is 0 Å². The minimum Gasteiger partial charge on any atom is -0.394 e. The molecule has 0 radical (unpaired) electrons. The Balaban J connectivity index is 2.69. The van der Waals surface area contributed by atoms with E-state index in [-0.39, 0.29) is 18.6 Å². The standard InChI is InChI=1S/C10H18N4O/c1-3-4-8(6-15)13-9-5-7(2)12-10(11)14-9/h5,8,15H,3-4,6H2,1-2H3,(H3,11,12,13,14). The van der Waals surface area contributed by atoms with Crippen molar-refractivity contribution in [3.05, 3.63) is 11.8 Å². The van der Waals surface area contributed by atoms with Crippen LogP contribution in [0.5, 0.6) is 0 Å². The van der Waals surface area contributed by atoms with Crippen molar-refractivity contribution in [3.63, 3.8) is 0 Å². The molecule has 0 bridgehead atoms. The zero-order valence-electron chi connectivity index (χ0n) is 9.20. The molecule has 1 unspecified atom stereocenters. The van der Waals surface area contributed by atoms with Crippen molar-refractivity contribution in [2.75, 3.05) is 17.7 Å². The van der Waals surface area contributed by atoms with Crippen molar-refractivity contribution in [3.8, 4) is 0 Å². The summed E-state index contributed by atoms with van der Waals surface area (Å²) in [7, 11) is 0. The molecule has 0 fully saturated rings. The van der Waals surface area contributed by atoms with Crippen molar-refractivity contribution in [1.29, 1.82) is 0 Å². The Bertz CT molecular complexity index is 296. The Hall–Kier alpha value is -1.36. The highest BCUT2D eigenvalue weighted by molar-refractivity contribution is 5.41. The summed E-state index contributed by atoms with van der Waals surface area (Å²) in [6.45, 7) is 4.03. The Morgan fingerprint density at radius 1 is 1.53 bits per heavy atom. The van der Waals surface area contributed by atoms with Gasteiger partial charge in [-0.15, -0.1) is 0 Å². The number of nitrogens with two attached hydrogens (primary N) is 1. The molecule has 5 nitrogen and oxygen atoms in total. The van der Waals surface area contributed by atoms with Crippen LogP contribution in [0.3, 0.4) is 0 Å². The zero-order chi connectivity index (χ0) is 11.3. The second kappa shape index (κ2) is 5.50. The van der Waals surface area contributed by atoms with Crippen molar-refractivity contribution in [2.45, 2.75) is 32.7 Å². The van der Waals surface area contributed by atoms with Gasteiger partial charge in [-0.25, -0.2) is 4.98 Å². The Kier molecular flexibility index (Phi) is 4.30. The maximum atomic E-state index is 9.12. The highest BCUT2D eigenvalue weighted by Gasteiger charge is 2.07. The van der Waals surface area contributed by atoms with E-state index in [9.17, 15) is 0 Å². The second-order valence-corrected chi connectivity index (χ2v) is 3.57. The molecule has 0 spiro atoms. The molecule has 0 aromatic carbocycles. The van der Waals surface area contributed by atoms with Crippen LogP contribution in [0.15, 0.2) is 6.07 Å². The van der Waals surface area contributed by atoms with Crippen LogP contribution in [-0.4, -0.2) is 27.7 Å². The van der Waals surface area contributed by atoms with E-state index in [4.69, 9.17) is 10.8 Å². The minimum atomic E-state index is 0.0312. The third kappa shape index (κ3) is 3.71. The molecule has 5 heteroatoms. The molecule has 84 valence electrons. The quantitative estimate of drug-likeness (QED) is 0.673. The number of nitrogens with zero attached hydrogens (tertiary/aromatic N) is 2. The van der Waals surface area contributed by atoms with Gasteiger partial charge in [-0.1, -0.05) is 13.3 Å². The van der Waals surface area contributed by atoms with Gasteiger partial charge in [-0.2, -0.15) is 4.98 Å². The van der Waals surface area contributed by atoms with E-state index < -0.39 is 0 Å². The van der Waals surface area contributed by atoms with Gasteiger partial charge in [0.15, 0.2) is 0 Å². The number of anilines is 2. The zero-order valence-corrected chi connectivity index (χ0v) is 9.20. The van der Waals surface area contributed by atoms with E-state index in [0.717, 1.165) is 18.5 Å². The number of nitrogen functional groups attached to an aromatic ring is 1. The molecule has 0 aliphatic rings. The number of aromatic nitrogens is 2. The largest absolute Gasteiger partial charge is 0.394 e. The predicted molar refractivity (Wildman–Crippen MR) is 60.6 cm³/mol. The first kappa shape index (κ1) is 11.7. The van der Waals surface area contributed by atoms with Crippen molar-refractivity contribution in [1.82, 2.24) is 9.97 Å². The van der Waals surface area contributed by atoms with Gasteiger partial charge < -0.3 is 16.2 Å². The summed E-state index contributed by atoms with van der Waals surface area (Å²) in [6, 6.07) is 1.85. The lowest BCUT2D eigenvalue weighted by atomic mass is 10.2. The smallest absolute Gasteiger partial charge is 0.222 e. The van der Waals surface area contributed by atoms with Crippen LogP contribution < -0.4 is 11.1 Å². The van der Waals surface area contributed by atoms with Gasteiger partial charge in [-0.3, -0.25) is 0 Å². The summed E-state index contributed by atoms with van der Waals surface area (Å²) in [4.78, 5) is 8.03. The van der Waals surface area contributed by atoms with Gasteiger partial charge in [-0.05, 0) is 13.3 Å². The van der Waals surface area contributed by atoms with E-state index in [1.54, 1.807) is 0 Å². The molecule has 1 rings (SSSR count). The lowest BCUT2D eigenvalue weighted by Crippen LogP contribution is -2.24. The average molecular weight is 210 g/mol. The van der Waals surface area contributed by atoms with Crippen molar-refractivity contribution in [2.24, 2.45) is 0 Å². The molecule has 15 heavy (non-hydrogen) atoms. The minimum absolute atomic E-state index is 0.0312. The number of aliphatic hydroxyl groups excluding tert-OH is 1. The number of hydrogen-bond donors (Lipinski definition) is 3. The molecule has 1 aromatic heterocycles. The number of rotatable bonds is 5. The van der Waals surface area contributed by atoms with E-state index >= 15 is 0 Å². The van der Waals surface area contributed by atoms with E-state index in [1.165, 1.54) is 0 Å². The molecule has 1 atom stereocenters. The molecular formula is C10H18N4O. The van der Waals surface area contributed by atoms with Crippen molar-refractivity contribution < 1.29 is 5.11 Å². The van der Waals surface area contributed by atoms with Crippen LogP contribution >= 0.6 is 0 Å². The van der Waals surface area contributed by atoms with Gasteiger partial charge in [0.05, 0.1) is 12.6 Å². The maximum absolute atomic E-state index is 9.12. The van der Waals surface area contributed by atoms with E-state index in [1.807, 2.05) is 13.0 Å². The maximum Gasteiger partial charge on any atom is 0.222 e. The SMILES string of the molecule is CCCC(CO)Nc1cc(C)nc(N)n1. The third-order valence-electron chi connectivity index (χ3n) is 2.08. The lowest BCUT2D eigenvalue weighted by Gasteiger charge is -2.16. The fourth-order valence-electron chi connectivity index (χ4n) is 1.43. The lowest BCUT2D eigenvalue weighted by molar-refractivity contribution is 0.268. The normalized spacial score (nSPS) is 12.5. The average Bonchev–Trinajstić information content (AvgIpc) is 2.15. The van der Waals surface area contributed by atoms with Crippen LogP contribution in [0.1, 0.15) is 25.5 Å². The van der Waals surface area contributed by atoms with E-state index in [0.29, 0.717) is 5.82 Å². The van der Waals surface area contributed by atoms with Gasteiger partial charge in [0, 0.05) is 11.8 Å². The molecule has 1 heterocycles. The highest BCUT2D eigenvalue weighted by Crippen LogP contribution is 2.10. The molecule has 0 amide bonds. The monoisotopic (exact) mass is 210 g/mol. The summed E-state index contributed by atoms with van der Waals surface area (Å²) in [6.07, 6.45) is 1.91. The van der Waals surface area contributed by atoms with E-state index in [2.05, 4.69) is 22.2 Å². The predicted octanol–water partition coefficient (Wildman–Crippen LogP) is 0.940. The van der Waals surface area contributed by atoms with Gasteiger partial charge in [0.25, 0.3) is 0 Å². The highest BCUT2D eigenvalue weighted by atomic mass is 16.3. The fraction of sp³-hybridized carbons (Fsp3) is 0.600. The fourth-order valence-corrected chi connectivity index (χ4v) is 1.43. The summed E-state index contributed by atoms with van der Waals surface area (Å²) < 4.78 is 0. The molecular weight excluding hydrogens is 192 g/mol. The molecule has 4 N–H and O–H groups in total. The number of aliphatic hydroxyl groups is 1. The summed E-state index contributed by atoms with van der Waals surface area (Å²) in [5.74, 6) is 0.929. The number of nitrogens with one attached hydrogen (secondary N) is 1. The van der Waals surface area contributed by atoms with Crippen LogP contribution in [0.2, 0.25) is 0 Å². The molecule has 0 saturated heterocycles. The molecule has 0 aliphatic carbocycles. The molecule has 0 aliphatic heterocycles. The first-order chi connectivity index (χ1) is 7.15. The summed E-state index contributed by atoms with van der Waals surface area (Å²) >= 11 is 0.